The topological polar surface area (TPSA) is 84.3 Å². The Hall–Kier alpha value is -1.57. The molecule has 1 aliphatic rings. The first-order valence-corrected chi connectivity index (χ1v) is 9.91. The Kier molecular flexibility index (Phi) is 5.67. The first kappa shape index (κ1) is 17.8. The van der Waals surface area contributed by atoms with Crippen LogP contribution >= 0.6 is 0 Å². The van der Waals surface area contributed by atoms with Gasteiger partial charge in [-0.3, -0.25) is 4.68 Å². The lowest BCUT2D eigenvalue weighted by Crippen LogP contribution is -2.49. The third-order valence-electron chi connectivity index (χ3n) is 4.28. The fourth-order valence-corrected chi connectivity index (χ4v) is 4.11. The predicted octanol–water partition coefficient (Wildman–Crippen LogP) is 1.48. The molecule has 1 N–H and O–H groups in total. The van der Waals surface area contributed by atoms with Crippen LogP contribution in [0.15, 0.2) is 12.3 Å². The van der Waals surface area contributed by atoms with Gasteiger partial charge in [-0.05, 0) is 32.3 Å². The third-order valence-corrected chi connectivity index (χ3v) is 6.17. The predicted molar refractivity (Wildman–Crippen MR) is 88.8 cm³/mol. The molecular weight excluding hydrogens is 316 g/mol. The maximum atomic E-state index is 12.6. The maximum absolute atomic E-state index is 12.6. The Bertz CT molecular complexity index is 641. The van der Waals surface area contributed by atoms with E-state index < -0.39 is 15.9 Å². The summed E-state index contributed by atoms with van der Waals surface area (Å²) in [7, 11) is -1.23. The van der Waals surface area contributed by atoms with Gasteiger partial charge in [-0.15, -0.1) is 0 Å². The van der Waals surface area contributed by atoms with Crippen molar-refractivity contribution in [2.45, 2.75) is 45.2 Å². The molecule has 0 aromatic carbocycles. The molecule has 1 aromatic heterocycles. The van der Waals surface area contributed by atoms with Crippen LogP contribution in [0.25, 0.3) is 0 Å². The number of hydrogen-bond donors (Lipinski definition) is 1. The number of sulfone groups is 1. The van der Waals surface area contributed by atoms with Gasteiger partial charge < -0.3 is 10.2 Å². The normalized spacial score (nSPS) is 20.3. The number of nitrogens with zero attached hydrogens (tertiary/aromatic N) is 3. The average molecular weight is 342 g/mol. The minimum atomic E-state index is -3.11. The maximum Gasteiger partial charge on any atom is 0.318 e. The molecule has 2 rings (SSSR count). The van der Waals surface area contributed by atoms with E-state index in [0.29, 0.717) is 6.54 Å². The molecule has 0 radical (unpaired) electrons. The lowest BCUT2D eigenvalue weighted by atomic mass is 9.99. The van der Waals surface area contributed by atoms with E-state index in [9.17, 15) is 13.2 Å². The minimum absolute atomic E-state index is 0.00812. The minimum Gasteiger partial charge on any atom is -0.334 e. The molecule has 0 spiro atoms. The van der Waals surface area contributed by atoms with Crippen LogP contribution < -0.4 is 5.32 Å². The van der Waals surface area contributed by atoms with E-state index in [1.807, 2.05) is 13.1 Å². The monoisotopic (exact) mass is 342 g/mol. The number of carbonyl (C=O) groups excluding carboxylic acids is 1. The van der Waals surface area contributed by atoms with E-state index in [2.05, 4.69) is 10.4 Å². The van der Waals surface area contributed by atoms with Gasteiger partial charge in [0.25, 0.3) is 0 Å². The van der Waals surface area contributed by atoms with E-state index in [-0.39, 0.29) is 23.6 Å². The van der Waals surface area contributed by atoms with Gasteiger partial charge in [-0.1, -0.05) is 6.92 Å². The summed E-state index contributed by atoms with van der Waals surface area (Å²) in [4.78, 5) is 14.4. The van der Waals surface area contributed by atoms with Gasteiger partial charge in [-0.2, -0.15) is 5.10 Å². The highest BCUT2D eigenvalue weighted by Crippen LogP contribution is 2.30. The Morgan fingerprint density at radius 1 is 1.48 bits per heavy atom. The summed E-state index contributed by atoms with van der Waals surface area (Å²) in [6, 6.07) is 1.32. The smallest absolute Gasteiger partial charge is 0.318 e. The van der Waals surface area contributed by atoms with Crippen molar-refractivity contribution in [2.75, 3.05) is 18.1 Å². The molecule has 0 bridgehead atoms. The van der Waals surface area contributed by atoms with Crippen molar-refractivity contribution in [1.29, 1.82) is 0 Å². The van der Waals surface area contributed by atoms with E-state index >= 15 is 0 Å². The number of piperidine rings is 1. The van der Waals surface area contributed by atoms with E-state index in [1.165, 1.54) is 0 Å². The molecular formula is C15H26N4O3S. The molecule has 1 saturated heterocycles. The quantitative estimate of drug-likeness (QED) is 0.878. The molecule has 2 heterocycles. The van der Waals surface area contributed by atoms with Crippen LogP contribution in [0.1, 0.15) is 44.8 Å². The van der Waals surface area contributed by atoms with Crippen LogP contribution in [0.3, 0.4) is 0 Å². The van der Waals surface area contributed by atoms with Gasteiger partial charge in [0.15, 0.2) is 9.84 Å². The number of likely N-dealkylation sites (tertiary alicyclic amines) is 1. The summed E-state index contributed by atoms with van der Waals surface area (Å²) in [5, 5.41) is 7.01. The molecule has 0 saturated carbocycles. The van der Waals surface area contributed by atoms with Crippen molar-refractivity contribution in [2.24, 2.45) is 7.05 Å². The first-order chi connectivity index (χ1) is 10.8. The molecule has 130 valence electrons. The number of amides is 2. The second-order valence-electron chi connectivity index (χ2n) is 6.13. The third kappa shape index (κ3) is 4.46. The Morgan fingerprint density at radius 3 is 2.83 bits per heavy atom. The van der Waals surface area contributed by atoms with Crippen LogP contribution in [0.4, 0.5) is 4.79 Å². The van der Waals surface area contributed by atoms with Crippen molar-refractivity contribution in [3.8, 4) is 0 Å². The summed E-state index contributed by atoms with van der Waals surface area (Å²) in [6.07, 6.45) is 4.66. The number of carbonyl (C=O) groups is 1. The second kappa shape index (κ2) is 7.33. The standard InChI is InChI=1S/C15H26N4O3S/c1-4-23(21,22)11-12(2)17-15(20)19-10-6-5-7-14(19)13-8-9-16-18(13)3/h8-9,12,14H,4-7,10-11H2,1-3H3,(H,17,20)/t12-,14-/m1/s1. The zero-order valence-electron chi connectivity index (χ0n) is 14.0. The highest BCUT2D eigenvalue weighted by atomic mass is 32.2. The molecule has 1 aromatic rings. The largest absolute Gasteiger partial charge is 0.334 e. The second-order valence-corrected chi connectivity index (χ2v) is 8.53. The number of rotatable bonds is 5. The van der Waals surface area contributed by atoms with Crippen LogP contribution in [-0.2, 0) is 16.9 Å². The molecule has 8 heteroatoms. The molecule has 2 atom stereocenters. The summed E-state index contributed by atoms with van der Waals surface area (Å²) in [6.45, 7) is 4.02. The van der Waals surface area contributed by atoms with Gasteiger partial charge in [0.1, 0.15) is 0 Å². The van der Waals surface area contributed by atoms with Gasteiger partial charge in [0, 0.05) is 31.6 Å². The molecule has 1 fully saturated rings. The van der Waals surface area contributed by atoms with Gasteiger partial charge in [0.2, 0.25) is 0 Å². The zero-order chi connectivity index (χ0) is 17.0. The average Bonchev–Trinajstić information content (AvgIpc) is 2.92. The van der Waals surface area contributed by atoms with E-state index in [4.69, 9.17) is 0 Å². The molecule has 1 aliphatic heterocycles. The first-order valence-electron chi connectivity index (χ1n) is 8.09. The lowest BCUT2D eigenvalue weighted by Gasteiger charge is -2.36. The van der Waals surface area contributed by atoms with Crippen molar-refractivity contribution in [1.82, 2.24) is 20.0 Å². The van der Waals surface area contributed by atoms with Gasteiger partial charge in [0.05, 0.1) is 17.5 Å². The Labute approximate surface area is 138 Å². The zero-order valence-corrected chi connectivity index (χ0v) is 14.8. The molecule has 0 unspecified atom stereocenters. The van der Waals surface area contributed by atoms with Crippen LogP contribution in [-0.4, -0.2) is 53.2 Å². The van der Waals surface area contributed by atoms with Crippen molar-refractivity contribution >= 4 is 15.9 Å². The number of aromatic nitrogens is 2. The van der Waals surface area contributed by atoms with Crippen molar-refractivity contribution < 1.29 is 13.2 Å². The highest BCUT2D eigenvalue weighted by Gasteiger charge is 2.30. The molecule has 0 aliphatic carbocycles. The lowest BCUT2D eigenvalue weighted by molar-refractivity contribution is 0.146. The summed E-state index contributed by atoms with van der Waals surface area (Å²) in [5.41, 5.74) is 1.01. The fourth-order valence-electron chi connectivity index (χ4n) is 3.03. The van der Waals surface area contributed by atoms with Crippen LogP contribution in [0.5, 0.6) is 0 Å². The van der Waals surface area contributed by atoms with Crippen molar-refractivity contribution in [3.63, 3.8) is 0 Å². The summed E-state index contributed by atoms with van der Waals surface area (Å²) >= 11 is 0. The van der Waals surface area contributed by atoms with E-state index in [1.54, 1.807) is 29.6 Å². The molecule has 7 nitrogen and oxygen atoms in total. The van der Waals surface area contributed by atoms with E-state index in [0.717, 1.165) is 25.0 Å². The number of hydrogen-bond acceptors (Lipinski definition) is 4. The fraction of sp³-hybridized carbons (Fsp3) is 0.733. The SMILES string of the molecule is CCS(=O)(=O)C[C@@H](C)NC(=O)N1CCCC[C@@H]1c1ccnn1C. The molecule has 23 heavy (non-hydrogen) atoms. The van der Waals surface area contributed by atoms with Crippen molar-refractivity contribution in [3.05, 3.63) is 18.0 Å². The van der Waals surface area contributed by atoms with Gasteiger partial charge >= 0.3 is 6.03 Å². The number of nitrogens with one attached hydrogen (secondary N) is 1. The van der Waals surface area contributed by atoms with Gasteiger partial charge in [-0.25, -0.2) is 13.2 Å². The van der Waals surface area contributed by atoms with Crippen LogP contribution in [0.2, 0.25) is 0 Å². The Morgan fingerprint density at radius 2 is 2.22 bits per heavy atom. The number of urea groups is 1. The Balaban J connectivity index is 2.05. The highest BCUT2D eigenvalue weighted by molar-refractivity contribution is 7.91. The molecule has 2 amide bonds. The summed E-state index contributed by atoms with van der Waals surface area (Å²) < 4.78 is 25.2. The van der Waals surface area contributed by atoms with Crippen LogP contribution in [0, 0.1) is 0 Å². The number of aryl methyl sites for hydroxylation is 1. The summed E-state index contributed by atoms with van der Waals surface area (Å²) in [5.74, 6) is 0.0635.